The fourth-order valence-electron chi connectivity index (χ4n) is 3.70. The molecule has 2 heterocycles. The van der Waals surface area contributed by atoms with E-state index in [1.807, 2.05) is 19.6 Å². The first-order valence-electron chi connectivity index (χ1n) is 10.2. The second kappa shape index (κ2) is 9.73. The molecule has 1 fully saturated rings. The molecule has 152 valence electrons. The number of likely N-dealkylation sites (tertiary alicyclic amines) is 1. The zero-order valence-electron chi connectivity index (χ0n) is 17.5. The average molecular weight is 384 g/mol. The van der Waals surface area contributed by atoms with Crippen LogP contribution in [0.5, 0.6) is 0 Å². The minimum Gasteiger partial charge on any atom is -0.374 e. The summed E-state index contributed by atoms with van der Waals surface area (Å²) >= 11 is 0. The molecule has 2 aromatic rings. The molecule has 0 bridgehead atoms. The number of hydrogen-bond donors (Lipinski definition) is 1. The number of nitrogens with one attached hydrogen (secondary N) is 1. The van der Waals surface area contributed by atoms with Gasteiger partial charge in [-0.1, -0.05) is 31.2 Å². The maximum atomic E-state index is 5.72. The lowest BCUT2D eigenvalue weighted by Crippen LogP contribution is -2.48. The van der Waals surface area contributed by atoms with Crippen LogP contribution in [0.2, 0.25) is 0 Å². The lowest BCUT2D eigenvalue weighted by molar-refractivity contribution is 0.0657. The van der Waals surface area contributed by atoms with Crippen LogP contribution in [0, 0.1) is 5.92 Å². The normalized spacial score (nSPS) is 20.6. The number of ether oxygens (including phenoxy) is 1. The summed E-state index contributed by atoms with van der Waals surface area (Å²) in [7, 11) is 1.86. The van der Waals surface area contributed by atoms with Crippen molar-refractivity contribution in [3.05, 3.63) is 54.1 Å². The fraction of sp³-hybridized carbons (Fsp3) is 0.545. The van der Waals surface area contributed by atoms with E-state index in [2.05, 4.69) is 76.0 Å². The van der Waals surface area contributed by atoms with Crippen LogP contribution < -0.4 is 5.32 Å². The number of aromatic nitrogens is 2. The van der Waals surface area contributed by atoms with E-state index in [-0.39, 0.29) is 6.10 Å². The van der Waals surface area contributed by atoms with Crippen LogP contribution in [0.3, 0.4) is 0 Å². The molecular weight excluding hydrogens is 350 g/mol. The molecule has 0 amide bonds. The molecule has 6 heteroatoms. The number of benzene rings is 1. The molecule has 2 atom stereocenters. The lowest BCUT2D eigenvalue weighted by Gasteiger charge is -2.39. The van der Waals surface area contributed by atoms with Crippen molar-refractivity contribution < 1.29 is 4.74 Å². The minimum absolute atomic E-state index is 0.241. The summed E-state index contributed by atoms with van der Waals surface area (Å²) in [6, 6.07) is 8.98. The maximum absolute atomic E-state index is 5.72. The third kappa shape index (κ3) is 5.35. The zero-order chi connectivity index (χ0) is 19.9. The van der Waals surface area contributed by atoms with Gasteiger partial charge in [-0.3, -0.25) is 4.99 Å². The molecule has 1 aromatic carbocycles. The van der Waals surface area contributed by atoms with E-state index in [9.17, 15) is 0 Å². The highest BCUT2D eigenvalue weighted by Gasteiger charge is 2.28. The van der Waals surface area contributed by atoms with E-state index in [0.29, 0.717) is 18.6 Å². The fourth-order valence-corrected chi connectivity index (χ4v) is 3.70. The van der Waals surface area contributed by atoms with E-state index in [4.69, 9.17) is 4.74 Å². The third-order valence-electron chi connectivity index (χ3n) is 5.36. The van der Waals surface area contributed by atoms with Crippen molar-refractivity contribution in [3.8, 4) is 0 Å². The SMILES string of the molecule is CN=C(NCc1cccc(COC(C)C)c1)N1CCC(C)C(n2ccnc2)C1. The van der Waals surface area contributed by atoms with Crippen molar-refractivity contribution in [2.75, 3.05) is 20.1 Å². The molecule has 2 unspecified atom stereocenters. The van der Waals surface area contributed by atoms with Gasteiger partial charge in [0.15, 0.2) is 5.96 Å². The van der Waals surface area contributed by atoms with Crippen LogP contribution in [0.25, 0.3) is 0 Å². The monoisotopic (exact) mass is 383 g/mol. The van der Waals surface area contributed by atoms with Gasteiger partial charge in [-0.05, 0) is 37.3 Å². The van der Waals surface area contributed by atoms with Crippen molar-refractivity contribution in [1.82, 2.24) is 19.8 Å². The summed E-state index contributed by atoms with van der Waals surface area (Å²) in [6.07, 6.45) is 7.22. The third-order valence-corrected chi connectivity index (χ3v) is 5.36. The molecule has 1 aliphatic rings. The van der Waals surface area contributed by atoms with Gasteiger partial charge in [-0.2, -0.15) is 0 Å². The first-order chi connectivity index (χ1) is 13.6. The molecule has 1 aliphatic heterocycles. The van der Waals surface area contributed by atoms with E-state index < -0.39 is 0 Å². The van der Waals surface area contributed by atoms with Gasteiger partial charge in [0, 0.05) is 39.1 Å². The summed E-state index contributed by atoms with van der Waals surface area (Å²) in [5, 5.41) is 3.54. The van der Waals surface area contributed by atoms with Crippen LogP contribution in [-0.4, -0.2) is 46.7 Å². The Kier molecular flexibility index (Phi) is 7.09. The molecule has 0 spiro atoms. The number of guanidine groups is 1. The van der Waals surface area contributed by atoms with Gasteiger partial charge in [0.05, 0.1) is 25.1 Å². The molecule has 0 radical (unpaired) electrons. The standard InChI is InChI=1S/C22H33N5O/c1-17(2)28-15-20-7-5-6-19(12-20)13-25-22(23-4)26-10-8-18(3)21(14-26)27-11-9-24-16-27/h5-7,9,11-12,16-18,21H,8,10,13-15H2,1-4H3,(H,23,25). The number of nitrogens with zero attached hydrogens (tertiary/aromatic N) is 4. The highest BCUT2D eigenvalue weighted by Crippen LogP contribution is 2.27. The Balaban J connectivity index is 1.59. The average Bonchev–Trinajstić information content (AvgIpc) is 3.23. The molecule has 0 aliphatic carbocycles. The Labute approximate surface area is 168 Å². The second-order valence-electron chi connectivity index (χ2n) is 7.87. The number of hydrogen-bond acceptors (Lipinski definition) is 3. The number of aliphatic imine (C=N–C) groups is 1. The van der Waals surface area contributed by atoms with Crippen LogP contribution >= 0.6 is 0 Å². The molecule has 3 rings (SSSR count). The summed E-state index contributed by atoms with van der Waals surface area (Å²) in [5.74, 6) is 1.59. The minimum atomic E-state index is 0.241. The van der Waals surface area contributed by atoms with Crippen molar-refractivity contribution in [2.45, 2.75) is 52.5 Å². The predicted octanol–water partition coefficient (Wildman–Crippen LogP) is 3.47. The smallest absolute Gasteiger partial charge is 0.193 e. The van der Waals surface area contributed by atoms with Crippen LogP contribution in [0.1, 0.15) is 44.4 Å². The summed E-state index contributed by atoms with van der Waals surface area (Å²) in [4.78, 5) is 11.1. The quantitative estimate of drug-likeness (QED) is 0.613. The Hall–Kier alpha value is -2.34. The van der Waals surface area contributed by atoms with E-state index in [1.54, 1.807) is 0 Å². The van der Waals surface area contributed by atoms with Crippen LogP contribution in [0.15, 0.2) is 48.0 Å². The summed E-state index contributed by atoms with van der Waals surface area (Å²) in [6.45, 7) is 9.81. The Morgan fingerprint density at radius 1 is 1.36 bits per heavy atom. The summed E-state index contributed by atoms with van der Waals surface area (Å²) < 4.78 is 7.95. The van der Waals surface area contributed by atoms with Gasteiger partial charge in [0.25, 0.3) is 0 Å². The Morgan fingerprint density at radius 3 is 2.89 bits per heavy atom. The van der Waals surface area contributed by atoms with Gasteiger partial charge < -0.3 is 19.5 Å². The van der Waals surface area contributed by atoms with E-state index >= 15 is 0 Å². The predicted molar refractivity (Wildman–Crippen MR) is 113 cm³/mol. The van der Waals surface area contributed by atoms with Crippen LogP contribution in [-0.2, 0) is 17.9 Å². The van der Waals surface area contributed by atoms with Gasteiger partial charge in [-0.25, -0.2) is 4.98 Å². The molecule has 1 aromatic heterocycles. The van der Waals surface area contributed by atoms with Crippen molar-refractivity contribution in [1.29, 1.82) is 0 Å². The summed E-state index contributed by atoms with van der Waals surface area (Å²) in [5.41, 5.74) is 2.44. The zero-order valence-corrected chi connectivity index (χ0v) is 17.5. The van der Waals surface area contributed by atoms with Gasteiger partial charge in [0.2, 0.25) is 0 Å². The molecule has 1 saturated heterocycles. The largest absolute Gasteiger partial charge is 0.374 e. The molecule has 1 N–H and O–H groups in total. The highest BCUT2D eigenvalue weighted by molar-refractivity contribution is 5.80. The van der Waals surface area contributed by atoms with Crippen molar-refractivity contribution >= 4 is 5.96 Å². The molecular formula is C22H33N5O. The Morgan fingerprint density at radius 2 is 2.18 bits per heavy atom. The van der Waals surface area contributed by atoms with Crippen molar-refractivity contribution in [2.24, 2.45) is 10.9 Å². The molecule has 6 nitrogen and oxygen atoms in total. The maximum Gasteiger partial charge on any atom is 0.193 e. The topological polar surface area (TPSA) is 54.7 Å². The second-order valence-corrected chi connectivity index (χ2v) is 7.87. The molecule has 28 heavy (non-hydrogen) atoms. The first-order valence-corrected chi connectivity index (χ1v) is 10.2. The number of imidazole rings is 1. The van der Waals surface area contributed by atoms with E-state index in [0.717, 1.165) is 32.0 Å². The van der Waals surface area contributed by atoms with Crippen LogP contribution in [0.4, 0.5) is 0 Å². The number of piperidine rings is 1. The lowest BCUT2D eigenvalue weighted by atomic mass is 9.93. The van der Waals surface area contributed by atoms with Gasteiger partial charge in [0.1, 0.15) is 0 Å². The van der Waals surface area contributed by atoms with Gasteiger partial charge in [-0.15, -0.1) is 0 Å². The Bertz CT molecular complexity index is 756. The first kappa shape index (κ1) is 20.4. The highest BCUT2D eigenvalue weighted by atomic mass is 16.5. The number of rotatable bonds is 6. The van der Waals surface area contributed by atoms with Crippen molar-refractivity contribution in [3.63, 3.8) is 0 Å². The van der Waals surface area contributed by atoms with Gasteiger partial charge >= 0.3 is 0 Å². The van der Waals surface area contributed by atoms with E-state index in [1.165, 1.54) is 11.1 Å². The molecule has 0 saturated carbocycles.